The second-order valence-corrected chi connectivity index (χ2v) is 15.9. The van der Waals surface area contributed by atoms with Crippen molar-refractivity contribution in [3.05, 3.63) is 212 Å². The van der Waals surface area contributed by atoms with Crippen LogP contribution in [0, 0.1) is 0 Å². The van der Waals surface area contributed by atoms with Crippen LogP contribution in [0.1, 0.15) is 0 Å². The van der Waals surface area contributed by atoms with Gasteiger partial charge in [-0.1, -0.05) is 140 Å². The third kappa shape index (κ3) is 5.23. The van der Waals surface area contributed by atoms with Crippen LogP contribution in [0.5, 0.6) is 0 Å². The Kier molecular flexibility index (Phi) is 7.50. The van der Waals surface area contributed by atoms with Crippen LogP contribution >= 0.6 is 0 Å². The summed E-state index contributed by atoms with van der Waals surface area (Å²) in [5.41, 5.74) is 13.8. The number of nitrogens with zero attached hydrogens (tertiary/aromatic N) is 5. The fourth-order valence-electron chi connectivity index (χ4n) is 9.57. The van der Waals surface area contributed by atoms with Gasteiger partial charge < -0.3 is 13.6 Å². The molecule has 0 spiro atoms. The van der Waals surface area contributed by atoms with Gasteiger partial charge in [-0.25, -0.2) is 0 Å². The van der Waals surface area contributed by atoms with E-state index in [1.165, 1.54) is 16.2 Å². The molecule has 4 heterocycles. The minimum absolute atomic E-state index is 0.797. The van der Waals surface area contributed by atoms with E-state index in [0.29, 0.717) is 0 Å². The molecule has 6 heteroatoms. The molecule has 0 bridgehead atoms. The van der Waals surface area contributed by atoms with Crippen LogP contribution in [0.15, 0.2) is 217 Å². The quantitative estimate of drug-likeness (QED) is 0.168. The second-order valence-electron chi connectivity index (χ2n) is 15.9. The highest BCUT2D eigenvalue weighted by Crippen LogP contribution is 2.40. The average Bonchev–Trinajstić information content (AvgIpc) is 4.11. The number of benzene rings is 9. The van der Waals surface area contributed by atoms with Crippen molar-refractivity contribution in [3.8, 4) is 51.0 Å². The monoisotopic (exact) mass is 793 g/mol. The summed E-state index contributed by atoms with van der Waals surface area (Å²) in [6.07, 6.45) is 0. The normalized spacial score (nSPS) is 11.9. The maximum Gasteiger partial charge on any atom is 0.168 e. The predicted molar refractivity (Wildman–Crippen MR) is 254 cm³/mol. The highest BCUT2D eigenvalue weighted by molar-refractivity contribution is 6.17. The van der Waals surface area contributed by atoms with E-state index >= 15 is 0 Å². The predicted octanol–water partition coefficient (Wildman–Crippen LogP) is 14.4. The van der Waals surface area contributed by atoms with Crippen molar-refractivity contribution in [2.24, 2.45) is 0 Å². The smallest absolute Gasteiger partial charge is 0.168 e. The Morgan fingerprint density at radius 3 is 1.39 bits per heavy atom. The molecule has 13 aromatic rings. The number of fused-ring (bicyclic) bond motifs is 9. The topological polar surface area (TPSA) is 53.7 Å². The summed E-state index contributed by atoms with van der Waals surface area (Å²) in [5, 5.41) is 16.5. The van der Waals surface area contributed by atoms with Gasteiger partial charge in [0.25, 0.3) is 0 Å². The van der Waals surface area contributed by atoms with Gasteiger partial charge in [-0.15, -0.1) is 10.2 Å². The van der Waals surface area contributed by atoms with Crippen molar-refractivity contribution in [2.75, 3.05) is 0 Å². The van der Waals surface area contributed by atoms with Crippen LogP contribution in [-0.4, -0.2) is 23.9 Å². The van der Waals surface area contributed by atoms with Gasteiger partial charge in [0.2, 0.25) is 0 Å². The molecule has 0 aliphatic heterocycles. The zero-order chi connectivity index (χ0) is 40.7. The highest BCUT2D eigenvalue weighted by atomic mass is 16.3. The summed E-state index contributed by atoms with van der Waals surface area (Å²) in [5.74, 6) is 1.59. The first-order valence-electron chi connectivity index (χ1n) is 20.9. The number of aromatic nitrogens is 5. The molecule has 0 atom stereocenters. The lowest BCUT2D eigenvalue weighted by Crippen LogP contribution is -2.01. The van der Waals surface area contributed by atoms with Crippen molar-refractivity contribution in [1.82, 2.24) is 23.9 Å². The SMILES string of the molecule is c1ccc(-c2nnc(-c3ccccc3)n2-c2ccc3c(c2)c2ccccc2n3-c2cccc(-c3cccc(-n4c5ccccc5c5cc6c(cc54)oc4ccccc46)c3)c2)cc1. The molecule has 13 rings (SSSR count). The summed E-state index contributed by atoms with van der Waals surface area (Å²) >= 11 is 0. The zero-order valence-electron chi connectivity index (χ0n) is 33.4. The maximum absolute atomic E-state index is 6.40. The Morgan fingerprint density at radius 2 is 0.758 bits per heavy atom. The molecule has 0 aliphatic carbocycles. The number of hydrogen-bond donors (Lipinski definition) is 0. The summed E-state index contributed by atoms with van der Waals surface area (Å²) in [4.78, 5) is 0. The van der Waals surface area contributed by atoms with Crippen LogP contribution in [0.25, 0.3) is 117 Å². The molecule has 0 N–H and O–H groups in total. The molecule has 62 heavy (non-hydrogen) atoms. The van der Waals surface area contributed by atoms with Gasteiger partial charge in [-0.05, 0) is 77.9 Å². The minimum atomic E-state index is 0.797. The average molecular weight is 794 g/mol. The van der Waals surface area contributed by atoms with Crippen LogP contribution in [0.2, 0.25) is 0 Å². The molecule has 0 saturated heterocycles. The van der Waals surface area contributed by atoms with Gasteiger partial charge in [0.1, 0.15) is 11.2 Å². The Morgan fingerprint density at radius 1 is 0.274 bits per heavy atom. The van der Waals surface area contributed by atoms with Crippen molar-refractivity contribution in [3.63, 3.8) is 0 Å². The van der Waals surface area contributed by atoms with E-state index in [4.69, 9.17) is 14.6 Å². The fraction of sp³-hybridized carbons (Fsp3) is 0. The Hall–Kier alpha value is -8.48. The van der Waals surface area contributed by atoms with Gasteiger partial charge in [0.05, 0.1) is 27.8 Å². The van der Waals surface area contributed by atoms with E-state index in [-0.39, 0.29) is 0 Å². The zero-order valence-corrected chi connectivity index (χ0v) is 33.4. The first-order valence-corrected chi connectivity index (χ1v) is 20.9. The summed E-state index contributed by atoms with van der Waals surface area (Å²) in [6.45, 7) is 0. The van der Waals surface area contributed by atoms with Gasteiger partial charge in [0, 0.05) is 60.9 Å². The van der Waals surface area contributed by atoms with E-state index in [0.717, 1.165) is 100 Å². The van der Waals surface area contributed by atoms with E-state index in [1.807, 2.05) is 48.5 Å². The number of furan rings is 1. The lowest BCUT2D eigenvalue weighted by Gasteiger charge is -2.13. The molecule has 0 saturated carbocycles. The van der Waals surface area contributed by atoms with Crippen molar-refractivity contribution in [1.29, 1.82) is 0 Å². The first-order chi connectivity index (χ1) is 30.7. The molecule has 0 radical (unpaired) electrons. The number of para-hydroxylation sites is 3. The molecule has 0 amide bonds. The summed E-state index contributed by atoms with van der Waals surface area (Å²) in [6, 6.07) is 75.2. The van der Waals surface area contributed by atoms with E-state index in [2.05, 4.69) is 177 Å². The molecule has 0 aliphatic rings. The third-order valence-electron chi connectivity index (χ3n) is 12.4. The fourth-order valence-corrected chi connectivity index (χ4v) is 9.57. The van der Waals surface area contributed by atoms with Crippen molar-refractivity contribution >= 4 is 65.6 Å². The lowest BCUT2D eigenvalue weighted by molar-refractivity contribution is 0.669. The largest absolute Gasteiger partial charge is 0.456 e. The van der Waals surface area contributed by atoms with E-state index in [1.54, 1.807) is 0 Å². The minimum Gasteiger partial charge on any atom is -0.456 e. The lowest BCUT2D eigenvalue weighted by atomic mass is 10.0. The van der Waals surface area contributed by atoms with Crippen molar-refractivity contribution < 1.29 is 4.42 Å². The maximum atomic E-state index is 6.40. The number of rotatable bonds is 6. The van der Waals surface area contributed by atoms with Gasteiger partial charge in [-0.3, -0.25) is 4.57 Å². The van der Waals surface area contributed by atoms with E-state index < -0.39 is 0 Å². The van der Waals surface area contributed by atoms with Gasteiger partial charge >= 0.3 is 0 Å². The van der Waals surface area contributed by atoms with Crippen LogP contribution in [-0.2, 0) is 0 Å². The van der Waals surface area contributed by atoms with Gasteiger partial charge in [0.15, 0.2) is 11.6 Å². The molecule has 290 valence electrons. The van der Waals surface area contributed by atoms with Gasteiger partial charge in [-0.2, -0.15) is 0 Å². The standard InChI is InChI=1S/C56H35N5O/c1-3-15-36(16-4-1)55-57-58-56(37-17-5-2-6-18-37)61(55)42-29-30-51-46(33-42)43-23-7-10-26-49(43)59(51)40-21-13-19-38(31-40)39-20-14-22-41(32-39)60-50-27-11-8-24-44(50)47-34-48-45-25-9-12-28-53(45)62-54(48)35-52(47)60/h1-35H. The Bertz CT molecular complexity index is 3810. The van der Waals surface area contributed by atoms with Crippen LogP contribution < -0.4 is 0 Å². The molecular weight excluding hydrogens is 759 g/mol. The molecule has 0 unspecified atom stereocenters. The van der Waals surface area contributed by atoms with Crippen LogP contribution in [0.4, 0.5) is 0 Å². The molecule has 4 aromatic heterocycles. The molecule has 6 nitrogen and oxygen atoms in total. The Labute approximate surface area is 355 Å². The third-order valence-corrected chi connectivity index (χ3v) is 12.4. The molecular formula is C56H35N5O. The van der Waals surface area contributed by atoms with Crippen molar-refractivity contribution in [2.45, 2.75) is 0 Å². The summed E-state index contributed by atoms with van der Waals surface area (Å²) in [7, 11) is 0. The number of hydrogen-bond acceptors (Lipinski definition) is 3. The molecule has 0 fully saturated rings. The second kappa shape index (κ2) is 13.5. The first kappa shape index (κ1) is 34.4. The highest BCUT2D eigenvalue weighted by Gasteiger charge is 2.21. The van der Waals surface area contributed by atoms with E-state index in [9.17, 15) is 0 Å². The Balaban J connectivity index is 0.950. The van der Waals surface area contributed by atoms with Crippen LogP contribution in [0.3, 0.4) is 0 Å². The summed E-state index contributed by atoms with van der Waals surface area (Å²) < 4.78 is 13.3. The molecule has 9 aromatic carbocycles.